The second kappa shape index (κ2) is 4.56. The molecule has 0 radical (unpaired) electrons. The van der Waals surface area contributed by atoms with E-state index < -0.39 is 0 Å². The predicted molar refractivity (Wildman–Crippen MR) is 85.2 cm³/mol. The van der Waals surface area contributed by atoms with Gasteiger partial charge in [0.25, 0.3) is 5.56 Å². The van der Waals surface area contributed by atoms with Gasteiger partial charge in [-0.3, -0.25) is 9.36 Å². The highest BCUT2D eigenvalue weighted by Crippen LogP contribution is 2.20. The van der Waals surface area contributed by atoms with E-state index in [2.05, 4.69) is 0 Å². The van der Waals surface area contributed by atoms with E-state index in [1.165, 1.54) is 12.1 Å². The summed E-state index contributed by atoms with van der Waals surface area (Å²) in [6.07, 6.45) is 1.82. The van der Waals surface area contributed by atoms with Gasteiger partial charge in [0.1, 0.15) is 11.3 Å². The van der Waals surface area contributed by atoms with Crippen molar-refractivity contribution in [2.24, 2.45) is 0 Å². The molecular weight excluding hydrogens is 279 g/mol. The fraction of sp³-hybridized carbons (Fsp3) is 0.0556. The molecule has 4 rings (SSSR count). The first-order valence-corrected chi connectivity index (χ1v) is 7.03. The Morgan fingerprint density at radius 2 is 1.68 bits per heavy atom. The van der Waals surface area contributed by atoms with Crippen LogP contribution in [0.15, 0.2) is 65.6 Å². The van der Waals surface area contributed by atoms with Crippen LogP contribution in [0.4, 0.5) is 4.39 Å². The molecule has 0 atom stereocenters. The first-order valence-electron chi connectivity index (χ1n) is 7.03. The van der Waals surface area contributed by atoms with Crippen molar-refractivity contribution in [3.05, 3.63) is 82.5 Å². The molecule has 3 nitrogen and oxygen atoms in total. The molecular formula is C18H13FN2O. The molecule has 0 fully saturated rings. The van der Waals surface area contributed by atoms with Crippen molar-refractivity contribution in [1.82, 2.24) is 8.97 Å². The van der Waals surface area contributed by atoms with Gasteiger partial charge in [0.15, 0.2) is 0 Å². The summed E-state index contributed by atoms with van der Waals surface area (Å²) in [6, 6.07) is 15.7. The van der Waals surface area contributed by atoms with Crippen LogP contribution in [0.25, 0.3) is 22.2 Å². The third kappa shape index (κ3) is 1.77. The number of nitrogens with zero attached hydrogens (tertiary/aromatic N) is 2. The van der Waals surface area contributed by atoms with Crippen LogP contribution in [0.2, 0.25) is 0 Å². The van der Waals surface area contributed by atoms with Gasteiger partial charge >= 0.3 is 0 Å². The topological polar surface area (TPSA) is 26.4 Å². The summed E-state index contributed by atoms with van der Waals surface area (Å²) in [5.41, 5.74) is 3.59. The molecule has 108 valence electrons. The molecule has 4 heteroatoms. The van der Waals surface area contributed by atoms with Crippen LogP contribution in [0.1, 0.15) is 5.56 Å². The average Bonchev–Trinajstić information content (AvgIpc) is 2.99. The highest BCUT2D eigenvalue weighted by atomic mass is 19.1. The Balaban J connectivity index is 2.23. The Bertz CT molecular complexity index is 1060. The van der Waals surface area contributed by atoms with E-state index >= 15 is 0 Å². The largest absolute Gasteiger partial charge is 0.310 e. The number of hydrogen-bond donors (Lipinski definition) is 0. The maximum Gasteiger partial charge on any atom is 0.279 e. The van der Waals surface area contributed by atoms with Gasteiger partial charge in [-0.1, -0.05) is 17.7 Å². The molecule has 22 heavy (non-hydrogen) atoms. The molecule has 0 unspecified atom stereocenters. The molecule has 0 saturated heterocycles. The standard InChI is InChI=1S/C18H13FN2O/c1-12-4-7-14(8-5-12)21-17-11-13(19)6-9-15(17)20-10-2-3-16(20)18(21)22/h2-11H,1H3. The van der Waals surface area contributed by atoms with Crippen LogP contribution in [0.5, 0.6) is 0 Å². The van der Waals surface area contributed by atoms with Gasteiger partial charge in [-0.2, -0.15) is 0 Å². The van der Waals surface area contributed by atoms with E-state index in [0.717, 1.165) is 16.8 Å². The Kier molecular flexibility index (Phi) is 2.66. The van der Waals surface area contributed by atoms with Gasteiger partial charge in [-0.25, -0.2) is 4.39 Å². The van der Waals surface area contributed by atoms with Gasteiger partial charge < -0.3 is 4.40 Å². The fourth-order valence-corrected chi connectivity index (χ4v) is 2.82. The zero-order valence-corrected chi connectivity index (χ0v) is 12.0. The maximum atomic E-state index is 13.7. The van der Waals surface area contributed by atoms with Crippen LogP contribution < -0.4 is 5.56 Å². The van der Waals surface area contributed by atoms with Crippen LogP contribution in [-0.4, -0.2) is 8.97 Å². The lowest BCUT2D eigenvalue weighted by atomic mass is 10.2. The SMILES string of the molecule is Cc1ccc(-n2c(=O)c3cccn3c3ccc(F)cc32)cc1. The summed E-state index contributed by atoms with van der Waals surface area (Å²) in [4.78, 5) is 12.8. The van der Waals surface area contributed by atoms with Crippen molar-refractivity contribution in [2.45, 2.75) is 6.92 Å². The van der Waals surface area contributed by atoms with Gasteiger partial charge in [0.2, 0.25) is 0 Å². The number of fused-ring (bicyclic) bond motifs is 3. The van der Waals surface area contributed by atoms with Crippen molar-refractivity contribution in [2.75, 3.05) is 0 Å². The Labute approximate surface area is 125 Å². The van der Waals surface area contributed by atoms with E-state index in [-0.39, 0.29) is 11.4 Å². The van der Waals surface area contributed by atoms with E-state index in [9.17, 15) is 9.18 Å². The highest BCUT2D eigenvalue weighted by molar-refractivity contribution is 5.81. The molecule has 2 aromatic heterocycles. The van der Waals surface area contributed by atoms with Crippen molar-refractivity contribution in [3.8, 4) is 5.69 Å². The zero-order valence-electron chi connectivity index (χ0n) is 12.0. The maximum absolute atomic E-state index is 13.7. The van der Waals surface area contributed by atoms with Crippen LogP contribution in [-0.2, 0) is 0 Å². The molecule has 0 aliphatic carbocycles. The smallest absolute Gasteiger partial charge is 0.279 e. The predicted octanol–water partition coefficient (Wildman–Crippen LogP) is 3.69. The molecule has 0 amide bonds. The monoisotopic (exact) mass is 292 g/mol. The summed E-state index contributed by atoms with van der Waals surface area (Å²) in [5.74, 6) is -0.362. The minimum Gasteiger partial charge on any atom is -0.310 e. The normalized spacial score (nSPS) is 11.4. The summed E-state index contributed by atoms with van der Waals surface area (Å²) in [6.45, 7) is 1.99. The van der Waals surface area contributed by atoms with Gasteiger partial charge in [-0.15, -0.1) is 0 Å². The second-order valence-corrected chi connectivity index (χ2v) is 5.37. The fourth-order valence-electron chi connectivity index (χ4n) is 2.82. The average molecular weight is 292 g/mol. The summed E-state index contributed by atoms with van der Waals surface area (Å²) < 4.78 is 17.1. The van der Waals surface area contributed by atoms with Crippen LogP contribution in [0, 0.1) is 12.7 Å². The number of benzene rings is 2. The third-order valence-corrected chi connectivity index (χ3v) is 3.90. The van der Waals surface area contributed by atoms with Crippen LogP contribution >= 0.6 is 0 Å². The lowest BCUT2D eigenvalue weighted by Gasteiger charge is -2.13. The summed E-state index contributed by atoms with van der Waals surface area (Å²) in [7, 11) is 0. The number of aromatic nitrogens is 2. The highest BCUT2D eigenvalue weighted by Gasteiger charge is 2.12. The molecule has 4 aromatic rings. The van der Waals surface area contributed by atoms with Crippen molar-refractivity contribution >= 4 is 16.6 Å². The van der Waals surface area contributed by atoms with Gasteiger partial charge in [0.05, 0.1) is 11.0 Å². The summed E-state index contributed by atoms with van der Waals surface area (Å²) >= 11 is 0. The minimum absolute atomic E-state index is 0.160. The van der Waals surface area contributed by atoms with Crippen molar-refractivity contribution in [3.63, 3.8) is 0 Å². The minimum atomic E-state index is -0.362. The Hall–Kier alpha value is -2.88. The number of aryl methyl sites for hydroxylation is 1. The number of hydrogen-bond acceptors (Lipinski definition) is 1. The Morgan fingerprint density at radius 1 is 0.909 bits per heavy atom. The molecule has 2 heterocycles. The van der Waals surface area contributed by atoms with E-state index in [4.69, 9.17) is 0 Å². The van der Waals surface area contributed by atoms with Crippen molar-refractivity contribution in [1.29, 1.82) is 0 Å². The molecule has 0 N–H and O–H groups in total. The van der Waals surface area contributed by atoms with Crippen molar-refractivity contribution < 1.29 is 4.39 Å². The molecule has 0 bridgehead atoms. The first-order chi connectivity index (χ1) is 10.6. The van der Waals surface area contributed by atoms with E-state index in [1.807, 2.05) is 43.5 Å². The zero-order chi connectivity index (χ0) is 15.3. The third-order valence-electron chi connectivity index (χ3n) is 3.90. The van der Waals surface area contributed by atoms with Crippen LogP contribution in [0.3, 0.4) is 0 Å². The quantitative estimate of drug-likeness (QED) is 0.525. The van der Waals surface area contributed by atoms with E-state index in [1.54, 1.807) is 21.1 Å². The molecule has 0 aliphatic heterocycles. The molecule has 2 aromatic carbocycles. The number of rotatable bonds is 1. The second-order valence-electron chi connectivity index (χ2n) is 5.37. The number of halogens is 1. The van der Waals surface area contributed by atoms with E-state index in [0.29, 0.717) is 11.0 Å². The summed E-state index contributed by atoms with van der Waals surface area (Å²) in [5, 5.41) is 0. The molecule has 0 spiro atoms. The Morgan fingerprint density at radius 3 is 2.45 bits per heavy atom. The molecule has 0 aliphatic rings. The lowest BCUT2D eigenvalue weighted by Crippen LogP contribution is -2.21. The van der Waals surface area contributed by atoms with Gasteiger partial charge in [0, 0.05) is 18.0 Å². The first kappa shape index (κ1) is 12.8. The van der Waals surface area contributed by atoms with Gasteiger partial charge in [-0.05, 0) is 43.3 Å². The lowest BCUT2D eigenvalue weighted by molar-refractivity contribution is 0.628. The molecule has 0 saturated carbocycles.